The smallest absolute Gasteiger partial charge is 0.265 e. The molecule has 1 saturated heterocycles. The van der Waals surface area contributed by atoms with Crippen LogP contribution in [0.15, 0.2) is 53.4 Å². The minimum absolute atomic E-state index is 0.0758. The Morgan fingerprint density at radius 3 is 2.37 bits per heavy atom. The van der Waals surface area contributed by atoms with Gasteiger partial charge in [-0.05, 0) is 36.1 Å². The molecule has 1 aliphatic heterocycles. The van der Waals surface area contributed by atoms with E-state index in [9.17, 15) is 4.79 Å². The van der Waals surface area contributed by atoms with Crippen LogP contribution in [-0.4, -0.2) is 35.4 Å². The van der Waals surface area contributed by atoms with Crippen molar-refractivity contribution in [2.75, 3.05) is 20.3 Å². The van der Waals surface area contributed by atoms with Crippen molar-refractivity contribution in [3.8, 4) is 11.5 Å². The summed E-state index contributed by atoms with van der Waals surface area (Å²) in [6.45, 7) is 5.52. The van der Waals surface area contributed by atoms with Crippen LogP contribution in [0.3, 0.4) is 0 Å². The molecule has 4 nitrogen and oxygen atoms in total. The number of thioether (sulfide) groups is 1. The van der Waals surface area contributed by atoms with Gasteiger partial charge in [-0.25, -0.2) is 0 Å². The summed E-state index contributed by atoms with van der Waals surface area (Å²) >= 11 is 6.51. The van der Waals surface area contributed by atoms with E-state index in [4.69, 9.17) is 21.7 Å². The zero-order chi connectivity index (χ0) is 21.5. The minimum atomic E-state index is -0.0758. The average Bonchev–Trinajstić information content (AvgIpc) is 3.01. The topological polar surface area (TPSA) is 38.8 Å². The number of rotatable bonds is 9. The summed E-state index contributed by atoms with van der Waals surface area (Å²) in [6, 6.07) is 15.9. The summed E-state index contributed by atoms with van der Waals surface area (Å²) in [5, 5.41) is 0. The molecule has 1 heterocycles. The van der Waals surface area contributed by atoms with Crippen molar-refractivity contribution in [2.45, 2.75) is 32.6 Å². The highest BCUT2D eigenvalue weighted by molar-refractivity contribution is 8.26. The number of likely N-dealkylation sites (N-methyl/N-ethyl adjacent to an activating group) is 1. The van der Waals surface area contributed by atoms with Gasteiger partial charge in [-0.1, -0.05) is 74.2 Å². The molecule has 1 aliphatic rings. The molecular formula is C24H27NO3S2. The molecule has 158 valence electrons. The summed E-state index contributed by atoms with van der Waals surface area (Å²) in [7, 11) is 1.69. The molecule has 2 aromatic rings. The van der Waals surface area contributed by atoms with E-state index in [1.165, 1.54) is 22.2 Å². The number of hydrogen-bond acceptors (Lipinski definition) is 5. The highest BCUT2D eigenvalue weighted by atomic mass is 32.2. The Morgan fingerprint density at radius 1 is 1.07 bits per heavy atom. The molecule has 6 heteroatoms. The van der Waals surface area contributed by atoms with Crippen LogP contribution in [0.2, 0.25) is 0 Å². The molecule has 0 N–H and O–H groups in total. The van der Waals surface area contributed by atoms with Crippen LogP contribution in [0.4, 0.5) is 0 Å². The van der Waals surface area contributed by atoms with Crippen LogP contribution in [0.1, 0.15) is 43.7 Å². The third-order valence-corrected chi connectivity index (χ3v) is 6.54. The zero-order valence-electron chi connectivity index (χ0n) is 17.6. The Bertz CT molecular complexity index is 942. The number of para-hydroxylation sites is 2. The van der Waals surface area contributed by atoms with Crippen molar-refractivity contribution in [3.63, 3.8) is 0 Å². The first kappa shape index (κ1) is 22.4. The lowest BCUT2D eigenvalue weighted by Gasteiger charge is -2.16. The van der Waals surface area contributed by atoms with E-state index in [0.29, 0.717) is 28.4 Å². The third-order valence-electron chi connectivity index (χ3n) is 5.06. The van der Waals surface area contributed by atoms with Crippen LogP contribution >= 0.6 is 24.0 Å². The monoisotopic (exact) mass is 441 g/mol. The Hall–Kier alpha value is -2.31. The van der Waals surface area contributed by atoms with Gasteiger partial charge in [0.2, 0.25) is 0 Å². The molecule has 1 amide bonds. The first-order valence-electron chi connectivity index (χ1n) is 10.2. The van der Waals surface area contributed by atoms with Crippen molar-refractivity contribution in [3.05, 3.63) is 64.6 Å². The summed E-state index contributed by atoms with van der Waals surface area (Å²) in [5.74, 6) is 2.10. The lowest BCUT2D eigenvalue weighted by Crippen LogP contribution is -2.22. The van der Waals surface area contributed by atoms with E-state index < -0.39 is 0 Å². The molecule has 1 atom stereocenters. The minimum Gasteiger partial charge on any atom is -0.493 e. The summed E-state index contributed by atoms with van der Waals surface area (Å²) in [5.41, 5.74) is 2.12. The Labute approximate surface area is 188 Å². The fourth-order valence-electron chi connectivity index (χ4n) is 3.08. The van der Waals surface area contributed by atoms with Gasteiger partial charge in [0, 0.05) is 19.0 Å². The van der Waals surface area contributed by atoms with Gasteiger partial charge in [0.05, 0.1) is 18.1 Å². The molecule has 0 aliphatic carbocycles. The summed E-state index contributed by atoms with van der Waals surface area (Å²) in [6.07, 6.45) is 3.69. The van der Waals surface area contributed by atoms with Gasteiger partial charge in [-0.2, -0.15) is 0 Å². The lowest BCUT2D eigenvalue weighted by atomic mass is 9.98. The number of ether oxygens (including phenoxy) is 2. The molecule has 3 rings (SSSR count). The van der Waals surface area contributed by atoms with Crippen molar-refractivity contribution in [1.29, 1.82) is 0 Å². The second kappa shape index (κ2) is 10.6. The molecule has 0 saturated carbocycles. The van der Waals surface area contributed by atoms with Crippen LogP contribution in [0, 0.1) is 0 Å². The summed E-state index contributed by atoms with van der Waals surface area (Å²) < 4.78 is 12.6. The normalized spacial score (nSPS) is 16.2. The molecule has 0 aromatic heterocycles. The van der Waals surface area contributed by atoms with E-state index in [-0.39, 0.29) is 5.91 Å². The molecule has 0 radical (unpaired) electrons. The number of amides is 1. The number of carbonyl (C=O) groups is 1. The maximum atomic E-state index is 12.3. The van der Waals surface area contributed by atoms with Crippen LogP contribution < -0.4 is 9.47 Å². The second-order valence-corrected chi connectivity index (χ2v) is 8.85. The molecule has 2 aromatic carbocycles. The van der Waals surface area contributed by atoms with Gasteiger partial charge in [0.15, 0.2) is 0 Å². The predicted octanol–water partition coefficient (Wildman–Crippen LogP) is 5.88. The molecule has 0 spiro atoms. The standard InChI is InChI=1S/C24H27NO3S2/c1-4-17(2)19-11-6-8-13-21(19)28-15-9-14-27-20-12-7-5-10-18(20)16-22-23(26)25(3)24(29)30-22/h5-8,10-13,16-17H,4,9,14-15H2,1-3H3/b22-16+/t17-/m1/s1. The maximum Gasteiger partial charge on any atom is 0.265 e. The van der Waals surface area contributed by atoms with Gasteiger partial charge in [-0.3, -0.25) is 9.69 Å². The number of nitrogens with zero attached hydrogens (tertiary/aromatic N) is 1. The lowest BCUT2D eigenvalue weighted by molar-refractivity contribution is -0.121. The number of benzene rings is 2. The maximum absolute atomic E-state index is 12.3. The number of thiocarbonyl (C=S) groups is 1. The van der Waals surface area contributed by atoms with Gasteiger partial charge >= 0.3 is 0 Å². The Kier molecular flexibility index (Phi) is 7.94. The first-order chi connectivity index (χ1) is 14.5. The average molecular weight is 442 g/mol. The van der Waals surface area contributed by atoms with Gasteiger partial charge in [0.1, 0.15) is 15.8 Å². The number of carbonyl (C=O) groups excluding carboxylic acids is 1. The van der Waals surface area contributed by atoms with Crippen LogP contribution in [0.5, 0.6) is 11.5 Å². The molecule has 30 heavy (non-hydrogen) atoms. The molecule has 1 fully saturated rings. The summed E-state index contributed by atoms with van der Waals surface area (Å²) in [4.78, 5) is 14.4. The fourth-order valence-corrected chi connectivity index (χ4v) is 4.25. The van der Waals surface area contributed by atoms with Gasteiger partial charge in [-0.15, -0.1) is 0 Å². The molecule has 0 bridgehead atoms. The van der Waals surface area contributed by atoms with Gasteiger partial charge in [0.25, 0.3) is 5.91 Å². The van der Waals surface area contributed by atoms with Crippen LogP contribution in [-0.2, 0) is 4.79 Å². The van der Waals surface area contributed by atoms with Crippen LogP contribution in [0.25, 0.3) is 6.08 Å². The largest absolute Gasteiger partial charge is 0.493 e. The predicted molar refractivity (Wildman–Crippen MR) is 128 cm³/mol. The van der Waals surface area contributed by atoms with E-state index in [1.807, 2.05) is 42.5 Å². The Balaban J connectivity index is 1.56. The number of hydrogen-bond donors (Lipinski definition) is 0. The van der Waals surface area contributed by atoms with E-state index in [1.54, 1.807) is 7.05 Å². The van der Waals surface area contributed by atoms with E-state index in [0.717, 1.165) is 29.9 Å². The zero-order valence-corrected chi connectivity index (χ0v) is 19.2. The molecular weight excluding hydrogens is 414 g/mol. The SMILES string of the molecule is CC[C@@H](C)c1ccccc1OCCCOc1ccccc1/C=C1/SC(=S)N(C)C1=O. The van der Waals surface area contributed by atoms with Crippen molar-refractivity contribution < 1.29 is 14.3 Å². The Morgan fingerprint density at radius 2 is 1.70 bits per heavy atom. The molecule has 0 unspecified atom stereocenters. The second-order valence-electron chi connectivity index (χ2n) is 7.18. The van der Waals surface area contributed by atoms with E-state index in [2.05, 4.69) is 26.0 Å². The van der Waals surface area contributed by atoms with E-state index >= 15 is 0 Å². The fraction of sp³-hybridized carbons (Fsp3) is 0.333. The highest BCUT2D eigenvalue weighted by Crippen LogP contribution is 2.33. The van der Waals surface area contributed by atoms with Gasteiger partial charge < -0.3 is 9.47 Å². The first-order valence-corrected chi connectivity index (χ1v) is 11.4. The van der Waals surface area contributed by atoms with Crippen molar-refractivity contribution >= 4 is 40.3 Å². The highest BCUT2D eigenvalue weighted by Gasteiger charge is 2.28. The third kappa shape index (κ3) is 5.43. The van der Waals surface area contributed by atoms with Crippen molar-refractivity contribution in [2.24, 2.45) is 0 Å². The quantitative estimate of drug-likeness (QED) is 0.276. The van der Waals surface area contributed by atoms with Crippen molar-refractivity contribution in [1.82, 2.24) is 4.90 Å².